The van der Waals surface area contributed by atoms with E-state index in [1.165, 1.54) is 0 Å². The van der Waals surface area contributed by atoms with E-state index in [1.807, 2.05) is 67.6 Å². The van der Waals surface area contributed by atoms with E-state index in [-0.39, 0.29) is 12.7 Å². The Kier molecular flexibility index (Phi) is 6.41. The first-order valence-corrected chi connectivity index (χ1v) is 7.21. The monoisotopic (exact) mass is 286 g/mol. The van der Waals surface area contributed by atoms with Crippen LogP contribution < -0.4 is 0 Å². The first kappa shape index (κ1) is 15.7. The van der Waals surface area contributed by atoms with Gasteiger partial charge < -0.3 is 14.6 Å². The summed E-state index contributed by atoms with van der Waals surface area (Å²) in [6.07, 6.45) is -0.890. The van der Waals surface area contributed by atoms with Crippen LogP contribution in [-0.4, -0.2) is 23.9 Å². The SMILES string of the molecule is C[C@H](OCc1ccccc1)C(O)COCc1ccccc1. The molecular weight excluding hydrogens is 264 g/mol. The van der Waals surface area contributed by atoms with Gasteiger partial charge in [-0.15, -0.1) is 0 Å². The zero-order valence-electron chi connectivity index (χ0n) is 12.3. The second-order valence-electron chi connectivity index (χ2n) is 5.07. The largest absolute Gasteiger partial charge is 0.388 e. The Labute approximate surface area is 126 Å². The third-order valence-electron chi connectivity index (χ3n) is 3.30. The van der Waals surface area contributed by atoms with Gasteiger partial charge >= 0.3 is 0 Å². The highest BCUT2D eigenvalue weighted by molar-refractivity contribution is 5.14. The summed E-state index contributed by atoms with van der Waals surface area (Å²) in [5.74, 6) is 0. The standard InChI is InChI=1S/C18H22O3/c1-15(21-13-17-10-6-3-7-11-17)18(19)14-20-12-16-8-4-2-5-9-16/h2-11,15,18-19H,12-14H2,1H3/t15-,18?/m0/s1. The highest BCUT2D eigenvalue weighted by atomic mass is 16.5. The van der Waals surface area contributed by atoms with Crippen molar-refractivity contribution in [3.05, 3.63) is 71.8 Å². The molecule has 0 aliphatic rings. The number of hydrogen-bond donors (Lipinski definition) is 1. The van der Waals surface area contributed by atoms with Crippen LogP contribution in [0.4, 0.5) is 0 Å². The van der Waals surface area contributed by atoms with Gasteiger partial charge in [-0.1, -0.05) is 60.7 Å². The van der Waals surface area contributed by atoms with E-state index in [0.717, 1.165) is 11.1 Å². The van der Waals surface area contributed by atoms with E-state index in [9.17, 15) is 5.11 Å². The van der Waals surface area contributed by atoms with E-state index in [0.29, 0.717) is 13.2 Å². The van der Waals surface area contributed by atoms with Crippen molar-refractivity contribution in [3.63, 3.8) is 0 Å². The Morgan fingerprint density at radius 1 is 0.857 bits per heavy atom. The lowest BCUT2D eigenvalue weighted by Gasteiger charge is -2.19. The highest BCUT2D eigenvalue weighted by Crippen LogP contribution is 2.07. The van der Waals surface area contributed by atoms with Crippen molar-refractivity contribution >= 4 is 0 Å². The number of ether oxygens (including phenoxy) is 2. The molecule has 2 atom stereocenters. The van der Waals surface area contributed by atoms with Crippen LogP contribution in [0.25, 0.3) is 0 Å². The van der Waals surface area contributed by atoms with Gasteiger partial charge in [-0.2, -0.15) is 0 Å². The van der Waals surface area contributed by atoms with Gasteiger partial charge in [0.2, 0.25) is 0 Å². The minimum Gasteiger partial charge on any atom is -0.388 e. The van der Waals surface area contributed by atoms with E-state index in [4.69, 9.17) is 9.47 Å². The number of rotatable bonds is 8. The average Bonchev–Trinajstić information content (AvgIpc) is 2.54. The molecule has 2 rings (SSSR count). The van der Waals surface area contributed by atoms with Crippen LogP contribution in [0.5, 0.6) is 0 Å². The van der Waals surface area contributed by atoms with E-state index < -0.39 is 6.10 Å². The van der Waals surface area contributed by atoms with Gasteiger partial charge in [-0.3, -0.25) is 0 Å². The van der Waals surface area contributed by atoms with Gasteiger partial charge in [0.25, 0.3) is 0 Å². The lowest BCUT2D eigenvalue weighted by atomic mass is 10.2. The fourth-order valence-corrected chi connectivity index (χ4v) is 1.92. The minimum atomic E-state index is -0.627. The van der Waals surface area contributed by atoms with Crippen molar-refractivity contribution in [1.82, 2.24) is 0 Å². The Balaban J connectivity index is 1.66. The predicted octanol–water partition coefficient (Wildman–Crippen LogP) is 3.17. The molecule has 0 bridgehead atoms. The number of aliphatic hydroxyl groups excluding tert-OH is 1. The van der Waals surface area contributed by atoms with Crippen LogP contribution in [-0.2, 0) is 22.7 Å². The van der Waals surface area contributed by atoms with Crippen LogP contribution in [0.2, 0.25) is 0 Å². The second-order valence-corrected chi connectivity index (χ2v) is 5.07. The smallest absolute Gasteiger partial charge is 0.103 e. The highest BCUT2D eigenvalue weighted by Gasteiger charge is 2.15. The molecule has 1 N–H and O–H groups in total. The molecule has 0 aliphatic heterocycles. The lowest BCUT2D eigenvalue weighted by Crippen LogP contribution is -2.30. The zero-order chi connectivity index (χ0) is 14.9. The fourth-order valence-electron chi connectivity index (χ4n) is 1.92. The molecule has 0 radical (unpaired) electrons. The van der Waals surface area contributed by atoms with Crippen LogP contribution in [0.1, 0.15) is 18.1 Å². The number of aliphatic hydroxyl groups is 1. The van der Waals surface area contributed by atoms with Crippen LogP contribution in [0, 0.1) is 0 Å². The normalized spacial score (nSPS) is 13.8. The van der Waals surface area contributed by atoms with Crippen molar-refractivity contribution < 1.29 is 14.6 Å². The molecule has 0 fully saturated rings. The molecule has 2 aromatic rings. The lowest BCUT2D eigenvalue weighted by molar-refractivity contribution is -0.0724. The minimum absolute atomic E-state index is 0.263. The van der Waals surface area contributed by atoms with Gasteiger partial charge in [0, 0.05) is 0 Å². The molecule has 3 nitrogen and oxygen atoms in total. The Hall–Kier alpha value is -1.68. The molecule has 0 heterocycles. The number of hydrogen-bond acceptors (Lipinski definition) is 3. The average molecular weight is 286 g/mol. The van der Waals surface area contributed by atoms with Gasteiger partial charge in [-0.05, 0) is 18.1 Å². The third kappa shape index (κ3) is 5.68. The Morgan fingerprint density at radius 2 is 1.38 bits per heavy atom. The van der Waals surface area contributed by atoms with Crippen molar-refractivity contribution in [2.75, 3.05) is 6.61 Å². The maximum absolute atomic E-state index is 10.0. The molecule has 112 valence electrons. The summed E-state index contributed by atoms with van der Waals surface area (Å²) in [6, 6.07) is 19.9. The van der Waals surface area contributed by atoms with Crippen LogP contribution in [0.3, 0.4) is 0 Å². The Morgan fingerprint density at radius 3 is 1.95 bits per heavy atom. The molecule has 0 amide bonds. The summed E-state index contributed by atoms with van der Waals surface area (Å²) in [5, 5.41) is 10.0. The molecule has 0 saturated heterocycles. The molecule has 0 saturated carbocycles. The molecule has 1 unspecified atom stereocenters. The molecule has 2 aromatic carbocycles. The van der Waals surface area contributed by atoms with Gasteiger partial charge in [0.1, 0.15) is 6.10 Å². The maximum atomic E-state index is 10.0. The maximum Gasteiger partial charge on any atom is 0.103 e. The molecule has 3 heteroatoms. The molecule has 0 spiro atoms. The summed E-state index contributed by atoms with van der Waals surface area (Å²) >= 11 is 0. The van der Waals surface area contributed by atoms with Crippen molar-refractivity contribution in [3.8, 4) is 0 Å². The van der Waals surface area contributed by atoms with Crippen LogP contribution >= 0.6 is 0 Å². The van der Waals surface area contributed by atoms with Crippen molar-refractivity contribution in [1.29, 1.82) is 0 Å². The summed E-state index contributed by atoms with van der Waals surface area (Å²) in [4.78, 5) is 0. The van der Waals surface area contributed by atoms with E-state index in [2.05, 4.69) is 0 Å². The summed E-state index contributed by atoms with van der Waals surface area (Å²) in [5.41, 5.74) is 2.20. The molecule has 0 aliphatic carbocycles. The fraction of sp³-hybridized carbons (Fsp3) is 0.333. The topological polar surface area (TPSA) is 38.7 Å². The van der Waals surface area contributed by atoms with Crippen molar-refractivity contribution in [2.45, 2.75) is 32.3 Å². The van der Waals surface area contributed by atoms with E-state index in [1.54, 1.807) is 0 Å². The quantitative estimate of drug-likeness (QED) is 0.810. The first-order valence-electron chi connectivity index (χ1n) is 7.21. The van der Waals surface area contributed by atoms with Crippen LogP contribution in [0.15, 0.2) is 60.7 Å². The summed E-state index contributed by atoms with van der Waals surface area (Å²) < 4.78 is 11.2. The van der Waals surface area contributed by atoms with E-state index >= 15 is 0 Å². The molecular formula is C18H22O3. The predicted molar refractivity (Wildman–Crippen MR) is 82.8 cm³/mol. The summed E-state index contributed by atoms with van der Waals surface area (Å²) in [7, 11) is 0. The first-order chi connectivity index (χ1) is 10.3. The van der Waals surface area contributed by atoms with Crippen molar-refractivity contribution in [2.24, 2.45) is 0 Å². The van der Waals surface area contributed by atoms with Gasteiger partial charge in [0.15, 0.2) is 0 Å². The zero-order valence-corrected chi connectivity index (χ0v) is 12.3. The molecule has 21 heavy (non-hydrogen) atoms. The van der Waals surface area contributed by atoms with Gasteiger partial charge in [0.05, 0.1) is 25.9 Å². The Bertz CT molecular complexity index is 498. The summed E-state index contributed by atoms with van der Waals surface area (Å²) in [6.45, 7) is 3.13. The third-order valence-corrected chi connectivity index (χ3v) is 3.30. The number of benzene rings is 2. The van der Waals surface area contributed by atoms with Gasteiger partial charge in [-0.25, -0.2) is 0 Å². The molecule has 0 aromatic heterocycles. The second kappa shape index (κ2) is 8.57.